The lowest BCUT2D eigenvalue weighted by atomic mass is 9.90. The van der Waals surface area contributed by atoms with E-state index in [2.05, 4.69) is 5.32 Å². The van der Waals surface area contributed by atoms with Crippen molar-refractivity contribution in [1.29, 1.82) is 0 Å². The highest BCUT2D eigenvalue weighted by Gasteiger charge is 2.51. The second kappa shape index (κ2) is 7.60. The SMILES string of the molecule is COC[C@H](CCC(=O)N1CCC2(CC2)[C@H](O)C1)N1CCN[C@@H](C)C1=O. The first-order chi connectivity index (χ1) is 12.0. The zero-order valence-corrected chi connectivity index (χ0v) is 15.4. The van der Waals surface area contributed by atoms with E-state index in [1.807, 2.05) is 11.8 Å². The van der Waals surface area contributed by atoms with E-state index < -0.39 is 0 Å². The smallest absolute Gasteiger partial charge is 0.239 e. The van der Waals surface area contributed by atoms with Crippen LogP contribution in [0.3, 0.4) is 0 Å². The number of aliphatic hydroxyl groups is 1. The molecule has 7 heteroatoms. The monoisotopic (exact) mass is 353 g/mol. The van der Waals surface area contributed by atoms with Crippen molar-refractivity contribution in [3.63, 3.8) is 0 Å². The molecular weight excluding hydrogens is 322 g/mol. The Morgan fingerprint density at radius 3 is 2.80 bits per heavy atom. The van der Waals surface area contributed by atoms with Gasteiger partial charge in [-0.1, -0.05) is 0 Å². The highest BCUT2D eigenvalue weighted by molar-refractivity contribution is 5.82. The Morgan fingerprint density at radius 1 is 1.40 bits per heavy atom. The van der Waals surface area contributed by atoms with E-state index >= 15 is 0 Å². The number of piperidine rings is 1. The summed E-state index contributed by atoms with van der Waals surface area (Å²) in [4.78, 5) is 28.6. The predicted octanol–water partition coefficient (Wildman–Crippen LogP) is -0.0247. The van der Waals surface area contributed by atoms with Gasteiger partial charge in [-0.3, -0.25) is 9.59 Å². The van der Waals surface area contributed by atoms with Gasteiger partial charge in [-0.2, -0.15) is 0 Å². The minimum Gasteiger partial charge on any atom is -0.391 e. The number of hydrogen-bond acceptors (Lipinski definition) is 5. The fourth-order valence-corrected chi connectivity index (χ4v) is 4.17. The van der Waals surface area contributed by atoms with Gasteiger partial charge in [0.05, 0.1) is 24.8 Å². The summed E-state index contributed by atoms with van der Waals surface area (Å²) in [6.45, 7) is 4.92. The van der Waals surface area contributed by atoms with Crippen molar-refractivity contribution in [2.75, 3.05) is 39.9 Å². The largest absolute Gasteiger partial charge is 0.391 e. The number of β-amino-alcohol motifs (C(OH)–C–C–N with tert-alkyl or cyclic N) is 1. The van der Waals surface area contributed by atoms with Crippen molar-refractivity contribution >= 4 is 11.8 Å². The first-order valence-corrected chi connectivity index (χ1v) is 9.45. The summed E-state index contributed by atoms with van der Waals surface area (Å²) in [6.07, 6.45) is 3.71. The van der Waals surface area contributed by atoms with E-state index in [4.69, 9.17) is 4.74 Å². The topological polar surface area (TPSA) is 82.1 Å². The Kier molecular flexibility index (Phi) is 5.65. The molecule has 3 aliphatic rings. The maximum atomic E-state index is 12.6. The van der Waals surface area contributed by atoms with Crippen molar-refractivity contribution in [1.82, 2.24) is 15.1 Å². The molecule has 2 aliphatic heterocycles. The fraction of sp³-hybridized carbons (Fsp3) is 0.889. The Hall–Kier alpha value is -1.18. The zero-order chi connectivity index (χ0) is 18.0. The van der Waals surface area contributed by atoms with Crippen LogP contribution in [-0.2, 0) is 14.3 Å². The molecule has 0 aromatic rings. The molecule has 0 aromatic heterocycles. The molecule has 1 spiro atoms. The summed E-state index contributed by atoms with van der Waals surface area (Å²) in [7, 11) is 1.63. The van der Waals surface area contributed by atoms with E-state index in [0.29, 0.717) is 32.5 Å². The number of methoxy groups -OCH3 is 1. The van der Waals surface area contributed by atoms with Crippen LogP contribution < -0.4 is 5.32 Å². The number of nitrogens with zero attached hydrogens (tertiary/aromatic N) is 2. The third kappa shape index (κ3) is 3.99. The van der Waals surface area contributed by atoms with Gasteiger partial charge in [0.1, 0.15) is 0 Å². The molecule has 2 heterocycles. The number of ether oxygens (including phenoxy) is 1. The van der Waals surface area contributed by atoms with Crippen LogP contribution in [0, 0.1) is 5.41 Å². The molecule has 0 bridgehead atoms. The Labute approximate surface area is 149 Å². The first kappa shape index (κ1) is 18.6. The number of carbonyl (C=O) groups is 2. The number of carbonyl (C=O) groups excluding carboxylic acids is 2. The number of amides is 2. The average molecular weight is 353 g/mol. The molecular formula is C18H31N3O4. The lowest BCUT2D eigenvalue weighted by molar-refractivity contribution is -0.141. The fourth-order valence-electron chi connectivity index (χ4n) is 4.17. The third-order valence-corrected chi connectivity index (χ3v) is 6.17. The quantitative estimate of drug-likeness (QED) is 0.701. The van der Waals surface area contributed by atoms with E-state index in [-0.39, 0.29) is 35.4 Å². The van der Waals surface area contributed by atoms with Gasteiger partial charge in [0.15, 0.2) is 0 Å². The second-order valence-electron chi connectivity index (χ2n) is 7.82. The van der Waals surface area contributed by atoms with Crippen molar-refractivity contribution in [2.24, 2.45) is 5.41 Å². The van der Waals surface area contributed by atoms with Crippen molar-refractivity contribution in [2.45, 2.75) is 57.2 Å². The van der Waals surface area contributed by atoms with Gasteiger partial charge in [-0.15, -0.1) is 0 Å². The van der Waals surface area contributed by atoms with Crippen LogP contribution in [0.1, 0.15) is 39.0 Å². The van der Waals surface area contributed by atoms with E-state index in [1.165, 1.54) is 0 Å². The van der Waals surface area contributed by atoms with Crippen LogP contribution in [0.15, 0.2) is 0 Å². The first-order valence-electron chi connectivity index (χ1n) is 9.45. The molecule has 1 aliphatic carbocycles. The van der Waals surface area contributed by atoms with Crippen molar-refractivity contribution in [3.05, 3.63) is 0 Å². The molecule has 2 N–H and O–H groups in total. The van der Waals surface area contributed by atoms with E-state index in [1.54, 1.807) is 12.0 Å². The van der Waals surface area contributed by atoms with Crippen LogP contribution >= 0.6 is 0 Å². The van der Waals surface area contributed by atoms with Gasteiger partial charge in [0.25, 0.3) is 0 Å². The van der Waals surface area contributed by atoms with Crippen molar-refractivity contribution in [3.8, 4) is 0 Å². The van der Waals surface area contributed by atoms with Gasteiger partial charge in [-0.05, 0) is 38.0 Å². The highest BCUT2D eigenvalue weighted by Crippen LogP contribution is 2.53. The normalized spacial score (nSPS) is 29.8. The molecule has 2 amide bonds. The van der Waals surface area contributed by atoms with Crippen LogP contribution in [0.5, 0.6) is 0 Å². The summed E-state index contributed by atoms with van der Waals surface area (Å²) in [5.41, 5.74) is 0.110. The van der Waals surface area contributed by atoms with Gasteiger partial charge in [-0.25, -0.2) is 0 Å². The summed E-state index contributed by atoms with van der Waals surface area (Å²) >= 11 is 0. The molecule has 0 radical (unpaired) electrons. The van der Waals surface area contributed by atoms with Gasteiger partial charge < -0.3 is 25.0 Å². The average Bonchev–Trinajstić information content (AvgIpc) is 3.37. The highest BCUT2D eigenvalue weighted by atomic mass is 16.5. The molecule has 3 rings (SSSR count). The van der Waals surface area contributed by atoms with Gasteiger partial charge in [0, 0.05) is 39.7 Å². The number of aliphatic hydroxyl groups excluding tert-OH is 1. The molecule has 142 valence electrons. The maximum Gasteiger partial charge on any atom is 0.239 e. The molecule has 25 heavy (non-hydrogen) atoms. The summed E-state index contributed by atoms with van der Waals surface area (Å²) in [5.74, 6) is 0.149. The number of likely N-dealkylation sites (tertiary alicyclic amines) is 1. The molecule has 3 fully saturated rings. The van der Waals surface area contributed by atoms with Crippen LogP contribution in [-0.4, -0.2) is 84.8 Å². The van der Waals surface area contributed by atoms with Crippen LogP contribution in [0.4, 0.5) is 0 Å². The molecule has 1 saturated carbocycles. The second-order valence-corrected chi connectivity index (χ2v) is 7.82. The molecule has 7 nitrogen and oxygen atoms in total. The molecule has 0 aromatic carbocycles. The van der Waals surface area contributed by atoms with Gasteiger partial charge in [0.2, 0.25) is 11.8 Å². The summed E-state index contributed by atoms with van der Waals surface area (Å²) < 4.78 is 5.29. The lowest BCUT2D eigenvalue weighted by Gasteiger charge is -2.38. The van der Waals surface area contributed by atoms with E-state index in [0.717, 1.165) is 32.4 Å². The third-order valence-electron chi connectivity index (χ3n) is 6.17. The molecule has 0 unspecified atom stereocenters. The summed E-state index contributed by atoms with van der Waals surface area (Å²) in [5, 5.41) is 13.4. The number of nitrogens with one attached hydrogen (secondary N) is 1. The Balaban J connectivity index is 1.52. The molecule has 2 saturated heterocycles. The zero-order valence-electron chi connectivity index (χ0n) is 15.4. The minimum atomic E-state index is -0.379. The Morgan fingerprint density at radius 2 is 2.16 bits per heavy atom. The summed E-state index contributed by atoms with van der Waals surface area (Å²) in [6, 6.07) is -0.258. The standard InChI is InChI=1S/C18H31N3O4/c1-13-17(24)21(10-8-19-13)14(12-25-2)3-4-16(23)20-9-7-18(5-6-18)15(22)11-20/h13-15,19,22H,3-12H2,1-2H3/t13-,14-,15+/m0/s1. The minimum absolute atomic E-state index is 0.0736. The van der Waals surface area contributed by atoms with Crippen LogP contribution in [0.2, 0.25) is 0 Å². The van der Waals surface area contributed by atoms with Crippen molar-refractivity contribution < 1.29 is 19.4 Å². The number of hydrogen-bond donors (Lipinski definition) is 2. The predicted molar refractivity (Wildman–Crippen MR) is 92.9 cm³/mol. The lowest BCUT2D eigenvalue weighted by Crippen LogP contribution is -2.58. The Bertz CT molecular complexity index is 509. The van der Waals surface area contributed by atoms with Crippen LogP contribution in [0.25, 0.3) is 0 Å². The van der Waals surface area contributed by atoms with Gasteiger partial charge >= 0.3 is 0 Å². The number of piperazine rings is 1. The maximum absolute atomic E-state index is 12.6. The van der Waals surface area contributed by atoms with E-state index in [9.17, 15) is 14.7 Å². The molecule has 3 atom stereocenters. The number of rotatable bonds is 6.